The van der Waals surface area contributed by atoms with Crippen molar-refractivity contribution in [2.24, 2.45) is 0 Å². The predicted molar refractivity (Wildman–Crippen MR) is 103 cm³/mol. The summed E-state index contributed by atoms with van der Waals surface area (Å²) in [5.41, 5.74) is 4.16. The van der Waals surface area contributed by atoms with E-state index in [9.17, 15) is 4.79 Å². The Kier molecular flexibility index (Phi) is 4.56. The zero-order chi connectivity index (χ0) is 16.8. The van der Waals surface area contributed by atoms with Crippen LogP contribution in [0.1, 0.15) is 35.7 Å². The average Bonchev–Trinajstić information content (AvgIpc) is 3.31. The molecule has 0 bridgehead atoms. The van der Waals surface area contributed by atoms with E-state index in [0.29, 0.717) is 12.2 Å². The third kappa shape index (κ3) is 2.84. The molecule has 5 rings (SSSR count). The van der Waals surface area contributed by atoms with Gasteiger partial charge in [0.25, 0.3) is 0 Å². The van der Waals surface area contributed by atoms with E-state index in [1.807, 2.05) is 11.4 Å². The van der Waals surface area contributed by atoms with Gasteiger partial charge in [-0.15, -0.1) is 23.7 Å². The Morgan fingerprint density at radius 3 is 3.12 bits per heavy atom. The van der Waals surface area contributed by atoms with Crippen LogP contribution in [0.3, 0.4) is 0 Å². The quantitative estimate of drug-likeness (QED) is 0.627. The molecule has 0 aliphatic carbocycles. The molecule has 5 heterocycles. The standard InChI is InChI=1S/C17H18N6OS.ClH/c24-14-8-11(12-7-10-9-18-4-2-5-23(10)22-12)15-16(13-3-1-6-25-13)20-21-17(15)19-14;/h1,3,6-7,11,18H,2,4-5,8-9H2,(H2,19,20,21,24);1H. The van der Waals surface area contributed by atoms with Gasteiger partial charge in [-0.2, -0.15) is 10.2 Å². The minimum Gasteiger partial charge on any atom is -0.311 e. The minimum absolute atomic E-state index is 0. The smallest absolute Gasteiger partial charge is 0.226 e. The lowest BCUT2D eigenvalue weighted by Crippen LogP contribution is -2.23. The number of carbonyl (C=O) groups excluding carboxylic acids is 1. The molecule has 26 heavy (non-hydrogen) atoms. The number of anilines is 1. The molecule has 9 heteroatoms. The van der Waals surface area contributed by atoms with Crippen molar-refractivity contribution in [1.29, 1.82) is 0 Å². The van der Waals surface area contributed by atoms with Crippen LogP contribution in [0.2, 0.25) is 0 Å². The van der Waals surface area contributed by atoms with Gasteiger partial charge in [0.05, 0.1) is 22.0 Å². The molecular formula is C17H19ClN6OS. The van der Waals surface area contributed by atoms with Crippen molar-refractivity contribution in [3.05, 3.63) is 40.5 Å². The first kappa shape index (κ1) is 17.3. The van der Waals surface area contributed by atoms with Crippen LogP contribution in [-0.4, -0.2) is 32.4 Å². The van der Waals surface area contributed by atoms with E-state index in [2.05, 4.69) is 37.6 Å². The summed E-state index contributed by atoms with van der Waals surface area (Å²) in [6.45, 7) is 2.75. The predicted octanol–water partition coefficient (Wildman–Crippen LogP) is 2.72. The topological polar surface area (TPSA) is 87.6 Å². The number of hydrogen-bond acceptors (Lipinski definition) is 5. The summed E-state index contributed by atoms with van der Waals surface area (Å²) >= 11 is 1.66. The normalized spacial score (nSPS) is 19.1. The third-order valence-electron chi connectivity index (χ3n) is 4.84. The van der Waals surface area contributed by atoms with Crippen molar-refractivity contribution < 1.29 is 4.79 Å². The number of H-pyrrole nitrogens is 1. The summed E-state index contributed by atoms with van der Waals surface area (Å²) in [5.74, 6) is 0.549. The zero-order valence-corrected chi connectivity index (χ0v) is 15.6. The van der Waals surface area contributed by atoms with E-state index in [4.69, 9.17) is 5.10 Å². The molecule has 1 atom stereocenters. The lowest BCUT2D eigenvalue weighted by molar-refractivity contribution is -0.116. The van der Waals surface area contributed by atoms with Gasteiger partial charge < -0.3 is 10.6 Å². The van der Waals surface area contributed by atoms with Crippen molar-refractivity contribution in [1.82, 2.24) is 25.3 Å². The Morgan fingerprint density at radius 2 is 2.27 bits per heavy atom. The fraction of sp³-hybridized carbons (Fsp3) is 0.353. The highest BCUT2D eigenvalue weighted by Crippen LogP contribution is 2.42. The largest absolute Gasteiger partial charge is 0.311 e. The fourth-order valence-corrected chi connectivity index (χ4v) is 4.41. The number of halogens is 1. The average molecular weight is 391 g/mol. The summed E-state index contributed by atoms with van der Waals surface area (Å²) in [4.78, 5) is 13.3. The molecule has 1 unspecified atom stereocenters. The first-order valence-electron chi connectivity index (χ1n) is 8.49. The summed E-state index contributed by atoms with van der Waals surface area (Å²) < 4.78 is 2.08. The number of carbonyl (C=O) groups is 1. The third-order valence-corrected chi connectivity index (χ3v) is 5.72. The van der Waals surface area contributed by atoms with E-state index in [1.165, 1.54) is 5.69 Å². The van der Waals surface area contributed by atoms with Gasteiger partial charge in [0.1, 0.15) is 0 Å². The zero-order valence-electron chi connectivity index (χ0n) is 14.0. The highest BCUT2D eigenvalue weighted by Gasteiger charge is 2.34. The number of aryl methyl sites for hydroxylation is 1. The van der Waals surface area contributed by atoms with Crippen LogP contribution in [0.4, 0.5) is 5.82 Å². The van der Waals surface area contributed by atoms with Gasteiger partial charge >= 0.3 is 0 Å². The second-order valence-corrected chi connectivity index (χ2v) is 7.40. The molecular weight excluding hydrogens is 372 g/mol. The fourth-order valence-electron chi connectivity index (χ4n) is 3.67. The number of thiophene rings is 1. The Morgan fingerprint density at radius 1 is 1.35 bits per heavy atom. The van der Waals surface area contributed by atoms with E-state index < -0.39 is 0 Å². The highest BCUT2D eigenvalue weighted by molar-refractivity contribution is 7.13. The van der Waals surface area contributed by atoms with Gasteiger partial charge in [0.15, 0.2) is 5.82 Å². The maximum Gasteiger partial charge on any atom is 0.226 e. The van der Waals surface area contributed by atoms with Gasteiger partial charge in [0, 0.05) is 31.0 Å². The number of aromatic nitrogens is 4. The number of nitrogens with one attached hydrogen (secondary N) is 3. The Balaban J connectivity index is 0.00000168. The summed E-state index contributed by atoms with van der Waals surface area (Å²) in [6.07, 6.45) is 1.46. The molecule has 0 radical (unpaired) electrons. The highest BCUT2D eigenvalue weighted by atomic mass is 35.5. The molecule has 2 aliphatic heterocycles. The number of amides is 1. The minimum atomic E-state index is -0.0703. The SMILES string of the molecule is Cl.O=C1CC(c2cc3n(n2)CCCNC3)c2c(n[nH]c2-c2cccs2)N1. The summed E-state index contributed by atoms with van der Waals surface area (Å²) in [6, 6.07) is 6.23. The van der Waals surface area contributed by atoms with Crippen LogP contribution < -0.4 is 10.6 Å². The van der Waals surface area contributed by atoms with Crippen LogP contribution in [0.25, 0.3) is 10.6 Å². The first-order valence-corrected chi connectivity index (χ1v) is 9.37. The number of hydrogen-bond donors (Lipinski definition) is 3. The second kappa shape index (κ2) is 6.86. The van der Waals surface area contributed by atoms with Crippen LogP contribution in [0.5, 0.6) is 0 Å². The number of nitrogens with zero attached hydrogens (tertiary/aromatic N) is 3. The Labute approximate surface area is 160 Å². The van der Waals surface area contributed by atoms with Gasteiger partial charge in [-0.1, -0.05) is 6.07 Å². The van der Waals surface area contributed by atoms with E-state index in [0.717, 1.165) is 47.9 Å². The molecule has 2 aliphatic rings. The number of aromatic amines is 1. The van der Waals surface area contributed by atoms with Gasteiger partial charge in [-0.25, -0.2) is 0 Å². The van der Waals surface area contributed by atoms with Crippen molar-refractivity contribution in [2.75, 3.05) is 11.9 Å². The molecule has 0 aromatic carbocycles. The van der Waals surface area contributed by atoms with E-state index in [1.54, 1.807) is 11.3 Å². The van der Waals surface area contributed by atoms with Gasteiger partial charge in [-0.3, -0.25) is 14.6 Å². The molecule has 7 nitrogen and oxygen atoms in total. The summed E-state index contributed by atoms with van der Waals surface area (Å²) in [7, 11) is 0. The second-order valence-electron chi connectivity index (χ2n) is 6.46. The molecule has 0 spiro atoms. The maximum atomic E-state index is 12.2. The van der Waals surface area contributed by atoms with Crippen LogP contribution in [0, 0.1) is 0 Å². The molecule has 0 saturated carbocycles. The number of rotatable bonds is 2. The molecule has 0 saturated heterocycles. The van der Waals surface area contributed by atoms with Crippen molar-refractivity contribution in [2.45, 2.75) is 31.8 Å². The lowest BCUT2D eigenvalue weighted by Gasteiger charge is -2.21. The van der Waals surface area contributed by atoms with Crippen molar-refractivity contribution >= 4 is 35.5 Å². The van der Waals surface area contributed by atoms with Crippen molar-refractivity contribution in [3.8, 4) is 10.6 Å². The lowest BCUT2D eigenvalue weighted by atomic mass is 9.88. The van der Waals surface area contributed by atoms with E-state index >= 15 is 0 Å². The van der Waals surface area contributed by atoms with Crippen LogP contribution in [0.15, 0.2) is 23.6 Å². The molecule has 3 aromatic heterocycles. The van der Waals surface area contributed by atoms with Crippen LogP contribution >= 0.6 is 23.7 Å². The number of fused-ring (bicyclic) bond motifs is 2. The van der Waals surface area contributed by atoms with Gasteiger partial charge in [0.2, 0.25) is 5.91 Å². The van der Waals surface area contributed by atoms with Crippen molar-refractivity contribution in [3.63, 3.8) is 0 Å². The molecule has 1 amide bonds. The van der Waals surface area contributed by atoms with E-state index in [-0.39, 0.29) is 24.2 Å². The monoisotopic (exact) mass is 390 g/mol. The molecule has 136 valence electrons. The molecule has 0 fully saturated rings. The summed E-state index contributed by atoms with van der Waals surface area (Å²) in [5, 5.41) is 20.6. The Hall–Kier alpha value is -2.16. The molecule has 3 N–H and O–H groups in total. The van der Waals surface area contributed by atoms with Gasteiger partial charge in [-0.05, 0) is 30.5 Å². The van der Waals surface area contributed by atoms with Crippen LogP contribution in [-0.2, 0) is 17.9 Å². The first-order chi connectivity index (χ1) is 12.3. The molecule has 3 aromatic rings. The Bertz CT molecular complexity index is 908. The maximum absolute atomic E-state index is 12.2.